The third-order valence-corrected chi connectivity index (χ3v) is 5.33. The van der Waals surface area contributed by atoms with Crippen molar-refractivity contribution < 1.29 is 14.6 Å². The van der Waals surface area contributed by atoms with E-state index in [0.717, 1.165) is 43.1 Å². The molecule has 0 amide bonds. The molecular formula is C23H32N2O3. The molecule has 3 rings (SSSR count). The minimum Gasteiger partial charge on any atom is -0.493 e. The second-order valence-electron chi connectivity index (χ2n) is 8.16. The minimum absolute atomic E-state index is 0.668. The summed E-state index contributed by atoms with van der Waals surface area (Å²) in [5.41, 5.74) is 5.52. The van der Waals surface area contributed by atoms with E-state index in [2.05, 4.69) is 41.4 Å². The average Bonchev–Trinajstić information content (AvgIpc) is 2.65. The van der Waals surface area contributed by atoms with Gasteiger partial charge in [-0.25, -0.2) is 0 Å². The third-order valence-electron chi connectivity index (χ3n) is 5.33. The highest BCUT2D eigenvalue weighted by Crippen LogP contribution is 2.33. The van der Waals surface area contributed by atoms with Crippen LogP contribution in [0.1, 0.15) is 36.1 Å². The van der Waals surface area contributed by atoms with E-state index in [-0.39, 0.29) is 0 Å². The molecule has 2 aromatic rings. The van der Waals surface area contributed by atoms with Gasteiger partial charge in [0.15, 0.2) is 11.5 Å². The predicted octanol–water partition coefficient (Wildman–Crippen LogP) is 3.75. The first-order chi connectivity index (χ1) is 13.3. The molecule has 0 atom stereocenters. The molecule has 2 N–H and O–H groups in total. The summed E-state index contributed by atoms with van der Waals surface area (Å²) in [6.07, 6.45) is 0.986. The molecule has 1 aliphatic rings. The van der Waals surface area contributed by atoms with Crippen LogP contribution in [0.25, 0.3) is 0 Å². The quantitative estimate of drug-likeness (QED) is 0.761. The number of rotatable bonds is 7. The number of ether oxygens (including phenoxy) is 2. The fourth-order valence-corrected chi connectivity index (χ4v) is 4.02. The highest BCUT2D eigenvalue weighted by molar-refractivity contribution is 5.57. The summed E-state index contributed by atoms with van der Waals surface area (Å²) in [6.45, 7) is 9.06. The van der Waals surface area contributed by atoms with Gasteiger partial charge in [0.25, 0.3) is 0 Å². The molecule has 1 heterocycles. The molecular weight excluding hydrogens is 352 g/mol. The van der Waals surface area contributed by atoms with Crippen LogP contribution in [0.5, 0.6) is 11.5 Å². The number of aliphatic hydroxyl groups is 1. The number of anilines is 1. The van der Waals surface area contributed by atoms with Crippen molar-refractivity contribution in [3.8, 4) is 11.5 Å². The lowest BCUT2D eigenvalue weighted by Crippen LogP contribution is -2.41. The number of benzene rings is 2. The first-order valence-corrected chi connectivity index (χ1v) is 9.82. The zero-order valence-electron chi connectivity index (χ0n) is 17.6. The van der Waals surface area contributed by atoms with Crippen molar-refractivity contribution in [2.75, 3.05) is 32.6 Å². The molecule has 2 aromatic carbocycles. The SMILES string of the molecule is COc1ccc(CNc2cccc3c2CCN(CC(C)(C)O)C3)c(C)c1OC. The molecule has 1 aliphatic heterocycles. The zero-order valence-corrected chi connectivity index (χ0v) is 17.6. The lowest BCUT2D eigenvalue weighted by atomic mass is 9.96. The van der Waals surface area contributed by atoms with Gasteiger partial charge in [-0.1, -0.05) is 18.2 Å². The monoisotopic (exact) mass is 384 g/mol. The van der Waals surface area contributed by atoms with Gasteiger partial charge in [-0.05, 0) is 61.6 Å². The Morgan fingerprint density at radius 2 is 1.93 bits per heavy atom. The molecule has 0 bridgehead atoms. The summed E-state index contributed by atoms with van der Waals surface area (Å²) >= 11 is 0. The van der Waals surface area contributed by atoms with Crippen LogP contribution < -0.4 is 14.8 Å². The normalized spacial score (nSPS) is 14.5. The van der Waals surface area contributed by atoms with Gasteiger partial charge in [0, 0.05) is 31.9 Å². The van der Waals surface area contributed by atoms with Crippen LogP contribution in [0, 0.1) is 6.92 Å². The Bertz CT molecular complexity index is 827. The van der Waals surface area contributed by atoms with E-state index >= 15 is 0 Å². The lowest BCUT2D eigenvalue weighted by Gasteiger charge is -2.34. The molecule has 0 radical (unpaired) electrons. The maximum Gasteiger partial charge on any atom is 0.163 e. The number of nitrogens with one attached hydrogen (secondary N) is 1. The molecule has 0 unspecified atom stereocenters. The van der Waals surface area contributed by atoms with Gasteiger partial charge in [0.05, 0.1) is 19.8 Å². The van der Waals surface area contributed by atoms with Crippen molar-refractivity contribution >= 4 is 5.69 Å². The van der Waals surface area contributed by atoms with Crippen molar-refractivity contribution in [2.45, 2.75) is 45.9 Å². The molecule has 152 valence electrons. The molecule has 0 spiro atoms. The van der Waals surface area contributed by atoms with E-state index in [9.17, 15) is 5.11 Å². The van der Waals surface area contributed by atoms with Gasteiger partial charge in [0.1, 0.15) is 0 Å². The van der Waals surface area contributed by atoms with Crippen LogP contribution >= 0.6 is 0 Å². The van der Waals surface area contributed by atoms with Gasteiger partial charge in [-0.2, -0.15) is 0 Å². The van der Waals surface area contributed by atoms with Gasteiger partial charge >= 0.3 is 0 Å². The van der Waals surface area contributed by atoms with Crippen LogP contribution in [-0.2, 0) is 19.5 Å². The van der Waals surface area contributed by atoms with E-state index in [1.54, 1.807) is 14.2 Å². The van der Waals surface area contributed by atoms with Gasteiger partial charge in [0.2, 0.25) is 0 Å². The number of nitrogens with zero attached hydrogens (tertiary/aromatic N) is 1. The summed E-state index contributed by atoms with van der Waals surface area (Å²) in [4.78, 5) is 2.32. The van der Waals surface area contributed by atoms with Crippen molar-refractivity contribution in [2.24, 2.45) is 0 Å². The number of β-amino-alcohol motifs (C(OH)–C–C–N with tert-alkyl or cyclic N) is 1. The van der Waals surface area contributed by atoms with E-state index in [4.69, 9.17) is 9.47 Å². The minimum atomic E-state index is -0.668. The number of fused-ring (bicyclic) bond motifs is 1. The van der Waals surface area contributed by atoms with E-state index in [1.165, 1.54) is 22.4 Å². The fourth-order valence-electron chi connectivity index (χ4n) is 4.02. The molecule has 0 saturated heterocycles. The summed E-state index contributed by atoms with van der Waals surface area (Å²) in [5.74, 6) is 1.55. The van der Waals surface area contributed by atoms with Crippen LogP contribution in [0.4, 0.5) is 5.69 Å². The van der Waals surface area contributed by atoms with Crippen LogP contribution in [0.3, 0.4) is 0 Å². The largest absolute Gasteiger partial charge is 0.493 e. The Balaban J connectivity index is 1.75. The number of hydrogen-bond acceptors (Lipinski definition) is 5. The summed E-state index contributed by atoms with van der Waals surface area (Å²) in [7, 11) is 3.34. The summed E-state index contributed by atoms with van der Waals surface area (Å²) < 4.78 is 10.9. The summed E-state index contributed by atoms with van der Waals surface area (Å²) in [6, 6.07) is 10.5. The fraction of sp³-hybridized carbons (Fsp3) is 0.478. The third kappa shape index (κ3) is 4.59. The Hall–Kier alpha value is -2.24. The molecule has 28 heavy (non-hydrogen) atoms. The first kappa shape index (κ1) is 20.5. The Kier molecular flexibility index (Phi) is 6.16. The van der Waals surface area contributed by atoms with Crippen molar-refractivity contribution in [3.63, 3.8) is 0 Å². The van der Waals surface area contributed by atoms with Crippen molar-refractivity contribution in [3.05, 3.63) is 52.6 Å². The Labute approximate surface area is 168 Å². The van der Waals surface area contributed by atoms with E-state index in [1.807, 2.05) is 19.9 Å². The molecule has 0 aliphatic carbocycles. The average molecular weight is 385 g/mol. The highest BCUT2D eigenvalue weighted by atomic mass is 16.5. The number of hydrogen-bond donors (Lipinski definition) is 2. The second kappa shape index (κ2) is 8.41. The van der Waals surface area contributed by atoms with Gasteiger partial charge in [-0.15, -0.1) is 0 Å². The Morgan fingerprint density at radius 1 is 1.14 bits per heavy atom. The highest BCUT2D eigenvalue weighted by Gasteiger charge is 2.23. The van der Waals surface area contributed by atoms with Crippen LogP contribution in [-0.4, -0.2) is 42.9 Å². The van der Waals surface area contributed by atoms with Crippen molar-refractivity contribution in [1.82, 2.24) is 4.90 Å². The predicted molar refractivity (Wildman–Crippen MR) is 113 cm³/mol. The molecule has 5 heteroatoms. The lowest BCUT2D eigenvalue weighted by molar-refractivity contribution is 0.0318. The zero-order chi connectivity index (χ0) is 20.3. The second-order valence-corrected chi connectivity index (χ2v) is 8.16. The first-order valence-electron chi connectivity index (χ1n) is 9.82. The Morgan fingerprint density at radius 3 is 2.61 bits per heavy atom. The molecule has 0 saturated carbocycles. The van der Waals surface area contributed by atoms with Gasteiger partial charge < -0.3 is 19.9 Å². The topological polar surface area (TPSA) is 54.0 Å². The van der Waals surface area contributed by atoms with Crippen molar-refractivity contribution in [1.29, 1.82) is 0 Å². The molecule has 0 aromatic heterocycles. The maximum absolute atomic E-state index is 10.1. The van der Waals surface area contributed by atoms with Crippen LogP contribution in [0.15, 0.2) is 30.3 Å². The van der Waals surface area contributed by atoms with E-state index < -0.39 is 5.60 Å². The van der Waals surface area contributed by atoms with E-state index in [0.29, 0.717) is 6.54 Å². The number of methoxy groups -OCH3 is 2. The van der Waals surface area contributed by atoms with Gasteiger partial charge in [-0.3, -0.25) is 4.90 Å². The standard InChI is InChI=1S/C23H32N2O3/c1-16-17(9-10-21(27-4)22(16)28-5)13-24-20-8-6-7-18-14-25(12-11-19(18)20)15-23(2,3)26/h6-10,24,26H,11-15H2,1-5H3. The molecule has 5 nitrogen and oxygen atoms in total. The molecule has 0 fully saturated rings. The summed E-state index contributed by atoms with van der Waals surface area (Å²) in [5, 5.41) is 13.7. The smallest absolute Gasteiger partial charge is 0.163 e. The van der Waals surface area contributed by atoms with Crippen LogP contribution in [0.2, 0.25) is 0 Å². The maximum atomic E-state index is 10.1.